The largest absolute Gasteiger partial charge is 0.372 e. The van der Waals surface area contributed by atoms with Crippen LogP contribution in [0, 0.1) is 6.92 Å². The van der Waals surface area contributed by atoms with Crippen LogP contribution in [0.1, 0.15) is 33.9 Å². The van der Waals surface area contributed by atoms with E-state index in [9.17, 15) is 0 Å². The first-order valence-electron chi connectivity index (χ1n) is 6.82. The van der Waals surface area contributed by atoms with Gasteiger partial charge in [-0.3, -0.25) is 0 Å². The first-order valence-corrected chi connectivity index (χ1v) is 7.61. The van der Waals surface area contributed by atoms with Crippen LogP contribution in [0.15, 0.2) is 40.9 Å². The van der Waals surface area contributed by atoms with Gasteiger partial charge in [0.1, 0.15) is 0 Å². The van der Waals surface area contributed by atoms with E-state index in [1.54, 1.807) is 0 Å². The molecule has 2 aromatic carbocycles. The molecule has 0 spiro atoms. The second-order valence-corrected chi connectivity index (χ2v) is 6.16. The summed E-state index contributed by atoms with van der Waals surface area (Å²) in [6.45, 7) is 3.63. The highest BCUT2D eigenvalue weighted by Crippen LogP contribution is 2.30. The average molecular weight is 332 g/mol. The van der Waals surface area contributed by atoms with Crippen molar-refractivity contribution in [3.8, 4) is 0 Å². The van der Waals surface area contributed by atoms with Gasteiger partial charge in [-0.05, 0) is 53.9 Å². The summed E-state index contributed by atoms with van der Waals surface area (Å²) in [6, 6.07) is 13.3. The number of aryl methyl sites for hydroxylation is 1. The predicted molar refractivity (Wildman–Crippen MR) is 84.7 cm³/mol. The van der Waals surface area contributed by atoms with E-state index in [2.05, 4.69) is 64.6 Å². The van der Waals surface area contributed by atoms with E-state index in [0.29, 0.717) is 0 Å². The Bertz CT molecular complexity index is 639. The molecular formula is C17H18BrNO. The van der Waals surface area contributed by atoms with Crippen LogP contribution in [-0.4, -0.2) is 7.05 Å². The molecule has 0 radical (unpaired) electrons. The predicted octanol–water partition coefficient (Wildman–Crippen LogP) is 4.10. The third kappa shape index (κ3) is 2.53. The van der Waals surface area contributed by atoms with E-state index in [4.69, 9.17) is 4.74 Å². The molecule has 2 nitrogen and oxygen atoms in total. The summed E-state index contributed by atoms with van der Waals surface area (Å²) in [5.41, 5.74) is 6.52. The first-order chi connectivity index (χ1) is 9.69. The van der Waals surface area contributed by atoms with Gasteiger partial charge in [-0.25, -0.2) is 0 Å². The van der Waals surface area contributed by atoms with Crippen LogP contribution in [0.3, 0.4) is 0 Å². The highest BCUT2D eigenvalue weighted by Gasteiger charge is 2.18. The molecule has 0 aliphatic carbocycles. The van der Waals surface area contributed by atoms with E-state index >= 15 is 0 Å². The second kappa shape index (κ2) is 5.68. The molecule has 0 aromatic heterocycles. The van der Waals surface area contributed by atoms with Crippen LogP contribution in [0.5, 0.6) is 0 Å². The van der Waals surface area contributed by atoms with Crippen molar-refractivity contribution >= 4 is 15.9 Å². The highest BCUT2D eigenvalue weighted by molar-refractivity contribution is 9.10. The minimum Gasteiger partial charge on any atom is -0.372 e. The number of benzene rings is 2. The van der Waals surface area contributed by atoms with Crippen LogP contribution in [-0.2, 0) is 18.0 Å². The van der Waals surface area contributed by atoms with E-state index in [0.717, 1.165) is 17.7 Å². The SMILES string of the molecule is CNC(c1ccc2c(c1)COC2)c1cc(Br)ccc1C. The standard InChI is InChI=1S/C17H18BrNO/c1-11-3-6-15(18)8-16(11)17(19-2)12-4-5-13-9-20-10-14(13)7-12/h3-8,17,19H,9-10H2,1-2H3. The molecule has 1 heterocycles. The zero-order chi connectivity index (χ0) is 14.1. The lowest BCUT2D eigenvalue weighted by Crippen LogP contribution is -2.19. The molecule has 2 aromatic rings. The van der Waals surface area contributed by atoms with Crippen molar-refractivity contribution in [3.63, 3.8) is 0 Å². The number of halogens is 1. The van der Waals surface area contributed by atoms with Gasteiger partial charge in [0.2, 0.25) is 0 Å². The maximum Gasteiger partial charge on any atom is 0.0725 e. The number of hydrogen-bond acceptors (Lipinski definition) is 2. The van der Waals surface area contributed by atoms with Gasteiger partial charge in [0.05, 0.1) is 19.3 Å². The van der Waals surface area contributed by atoms with Gasteiger partial charge in [-0.1, -0.05) is 40.2 Å². The topological polar surface area (TPSA) is 21.3 Å². The smallest absolute Gasteiger partial charge is 0.0725 e. The van der Waals surface area contributed by atoms with Crippen molar-refractivity contribution in [1.29, 1.82) is 0 Å². The highest BCUT2D eigenvalue weighted by atomic mass is 79.9. The van der Waals surface area contributed by atoms with Gasteiger partial charge in [-0.2, -0.15) is 0 Å². The van der Waals surface area contributed by atoms with E-state index in [1.807, 2.05) is 7.05 Å². The molecule has 20 heavy (non-hydrogen) atoms. The van der Waals surface area contributed by atoms with Crippen molar-refractivity contribution in [2.24, 2.45) is 0 Å². The minimum absolute atomic E-state index is 0.207. The Morgan fingerprint density at radius 2 is 1.90 bits per heavy atom. The third-order valence-corrected chi connectivity index (χ3v) is 4.41. The van der Waals surface area contributed by atoms with Crippen LogP contribution in [0.25, 0.3) is 0 Å². The molecule has 1 aliphatic heterocycles. The lowest BCUT2D eigenvalue weighted by Gasteiger charge is -2.20. The van der Waals surface area contributed by atoms with Crippen molar-refractivity contribution in [2.45, 2.75) is 26.2 Å². The molecule has 1 unspecified atom stereocenters. The molecule has 1 aliphatic rings. The van der Waals surface area contributed by atoms with E-state index < -0.39 is 0 Å². The van der Waals surface area contributed by atoms with E-state index in [-0.39, 0.29) is 6.04 Å². The fourth-order valence-corrected chi connectivity index (χ4v) is 3.17. The van der Waals surface area contributed by atoms with Gasteiger partial charge < -0.3 is 10.1 Å². The molecule has 0 saturated carbocycles. The van der Waals surface area contributed by atoms with Crippen molar-refractivity contribution in [2.75, 3.05) is 7.05 Å². The molecule has 3 rings (SSSR count). The monoisotopic (exact) mass is 331 g/mol. The molecular weight excluding hydrogens is 314 g/mol. The third-order valence-electron chi connectivity index (χ3n) is 3.92. The summed E-state index contributed by atoms with van der Waals surface area (Å²) in [4.78, 5) is 0. The summed E-state index contributed by atoms with van der Waals surface area (Å²) >= 11 is 3.57. The van der Waals surface area contributed by atoms with Crippen molar-refractivity contribution in [1.82, 2.24) is 5.32 Å². The molecule has 0 bridgehead atoms. The second-order valence-electron chi connectivity index (χ2n) is 5.24. The molecule has 0 fully saturated rings. The zero-order valence-electron chi connectivity index (χ0n) is 11.7. The fraction of sp³-hybridized carbons (Fsp3) is 0.294. The van der Waals surface area contributed by atoms with Gasteiger partial charge in [0, 0.05) is 4.47 Å². The summed E-state index contributed by atoms with van der Waals surface area (Å²) in [5, 5.41) is 3.43. The quantitative estimate of drug-likeness (QED) is 0.914. The number of hydrogen-bond donors (Lipinski definition) is 1. The maximum absolute atomic E-state index is 5.50. The van der Waals surface area contributed by atoms with Crippen LogP contribution < -0.4 is 5.32 Å². The van der Waals surface area contributed by atoms with Gasteiger partial charge >= 0.3 is 0 Å². The van der Waals surface area contributed by atoms with Gasteiger partial charge in [0.25, 0.3) is 0 Å². The Labute approximate surface area is 128 Å². The number of fused-ring (bicyclic) bond motifs is 1. The lowest BCUT2D eigenvalue weighted by atomic mass is 9.93. The fourth-order valence-electron chi connectivity index (χ4n) is 2.80. The summed E-state index contributed by atoms with van der Waals surface area (Å²) in [7, 11) is 2.01. The maximum atomic E-state index is 5.50. The molecule has 1 atom stereocenters. The van der Waals surface area contributed by atoms with E-state index in [1.165, 1.54) is 27.8 Å². The first kappa shape index (κ1) is 13.8. The number of ether oxygens (including phenoxy) is 1. The van der Waals surface area contributed by atoms with Crippen molar-refractivity contribution in [3.05, 3.63) is 68.7 Å². The Morgan fingerprint density at radius 1 is 1.10 bits per heavy atom. The molecule has 0 amide bonds. The Hall–Kier alpha value is -1.16. The summed E-state index contributed by atoms with van der Waals surface area (Å²) < 4.78 is 6.62. The van der Waals surface area contributed by atoms with Crippen LogP contribution in [0.4, 0.5) is 0 Å². The van der Waals surface area contributed by atoms with Gasteiger partial charge in [0.15, 0.2) is 0 Å². The molecule has 3 heteroatoms. The molecule has 104 valence electrons. The van der Waals surface area contributed by atoms with Crippen LogP contribution in [0.2, 0.25) is 0 Å². The summed E-state index contributed by atoms with van der Waals surface area (Å²) in [6.07, 6.45) is 0. The summed E-state index contributed by atoms with van der Waals surface area (Å²) in [5.74, 6) is 0. The zero-order valence-corrected chi connectivity index (χ0v) is 13.3. The average Bonchev–Trinajstić information content (AvgIpc) is 2.91. The van der Waals surface area contributed by atoms with Gasteiger partial charge in [-0.15, -0.1) is 0 Å². The molecule has 1 N–H and O–H groups in total. The van der Waals surface area contributed by atoms with Crippen LogP contribution >= 0.6 is 15.9 Å². The normalized spacial score (nSPS) is 15.2. The Kier molecular flexibility index (Phi) is 3.92. The molecule has 0 saturated heterocycles. The number of nitrogens with one attached hydrogen (secondary N) is 1. The van der Waals surface area contributed by atoms with Crippen molar-refractivity contribution < 1.29 is 4.74 Å². The Balaban J connectivity index is 2.03. The number of rotatable bonds is 3. The lowest BCUT2D eigenvalue weighted by molar-refractivity contribution is 0.134. The minimum atomic E-state index is 0.207. The Morgan fingerprint density at radius 3 is 2.70 bits per heavy atom.